The zero-order chi connectivity index (χ0) is 63.0. The minimum atomic E-state index is -4.39. The summed E-state index contributed by atoms with van der Waals surface area (Å²) >= 11 is 0. The third-order valence-electron chi connectivity index (χ3n) is 16.3. The summed E-state index contributed by atoms with van der Waals surface area (Å²) in [5.74, 6) is -0.809. The molecule has 3 N–H and O–H groups in total. The zero-order valence-electron chi connectivity index (χ0n) is 57.0. The van der Waals surface area contributed by atoms with Gasteiger partial charge in [0.25, 0.3) is 0 Å². The molecule has 0 radical (unpaired) electrons. The zero-order valence-corrected chi connectivity index (χ0v) is 57.9. The van der Waals surface area contributed by atoms with Crippen LogP contribution < -0.4 is 5.73 Å². The molecule has 9 nitrogen and oxygen atoms in total. The van der Waals surface area contributed by atoms with Crippen molar-refractivity contribution in [3.63, 3.8) is 0 Å². The molecule has 0 heterocycles. The lowest BCUT2D eigenvalue weighted by Crippen LogP contribution is -2.29. The van der Waals surface area contributed by atoms with Gasteiger partial charge >= 0.3 is 19.8 Å². The average molecular weight is 1240 g/mol. The summed E-state index contributed by atoms with van der Waals surface area (Å²) in [4.78, 5) is 35.4. The van der Waals surface area contributed by atoms with Gasteiger partial charge in [-0.2, -0.15) is 0 Å². The second-order valence-electron chi connectivity index (χ2n) is 24.8. The fourth-order valence-corrected chi connectivity index (χ4v) is 11.6. The monoisotopic (exact) mass is 1240 g/mol. The molecule has 0 aliphatic heterocycles. The maximum atomic E-state index is 12.8. The van der Waals surface area contributed by atoms with Crippen molar-refractivity contribution in [3.05, 3.63) is 85.1 Å². The smallest absolute Gasteiger partial charge is 0.462 e. The first-order valence-corrected chi connectivity index (χ1v) is 38.6. The number of hydrogen-bond donors (Lipinski definition) is 2. The van der Waals surface area contributed by atoms with E-state index in [0.717, 1.165) is 83.5 Å². The van der Waals surface area contributed by atoms with Crippen molar-refractivity contribution in [2.24, 2.45) is 5.73 Å². The molecule has 0 bridgehead atoms. The quantitative estimate of drug-likeness (QED) is 0.0264. The Morgan fingerprint density at radius 3 is 0.943 bits per heavy atom. The third kappa shape index (κ3) is 72.1. The Morgan fingerprint density at radius 2 is 0.632 bits per heavy atom. The number of ether oxygens (including phenoxy) is 2. The van der Waals surface area contributed by atoms with Crippen LogP contribution in [0.1, 0.15) is 361 Å². The second-order valence-corrected chi connectivity index (χ2v) is 26.2. The van der Waals surface area contributed by atoms with Crippen LogP contribution in [-0.2, 0) is 32.7 Å². The van der Waals surface area contributed by atoms with Gasteiger partial charge in [0.2, 0.25) is 0 Å². The van der Waals surface area contributed by atoms with Gasteiger partial charge in [-0.1, -0.05) is 362 Å². The summed E-state index contributed by atoms with van der Waals surface area (Å²) in [6, 6.07) is 0. The highest BCUT2D eigenvalue weighted by molar-refractivity contribution is 7.47. The Labute approximate surface area is 538 Å². The van der Waals surface area contributed by atoms with Gasteiger partial charge in [0.1, 0.15) is 6.61 Å². The minimum Gasteiger partial charge on any atom is -0.462 e. The number of carbonyl (C=O) groups excluding carboxylic acids is 2. The molecule has 0 aromatic carbocycles. The first-order chi connectivity index (χ1) is 42.8. The molecule has 0 aromatic heterocycles. The number of phosphoric ester groups is 1. The van der Waals surface area contributed by atoms with Crippen molar-refractivity contribution in [3.8, 4) is 0 Å². The lowest BCUT2D eigenvalue weighted by atomic mass is 10.0. The molecule has 0 aliphatic rings. The number of unbranched alkanes of at least 4 members (excludes halogenated alkanes) is 43. The summed E-state index contributed by atoms with van der Waals surface area (Å²) < 4.78 is 33.2. The highest BCUT2D eigenvalue weighted by Crippen LogP contribution is 2.43. The van der Waals surface area contributed by atoms with Crippen LogP contribution in [0.2, 0.25) is 0 Å². The van der Waals surface area contributed by atoms with Gasteiger partial charge in [0, 0.05) is 19.4 Å². The molecule has 0 aliphatic carbocycles. The van der Waals surface area contributed by atoms with Crippen LogP contribution >= 0.6 is 7.82 Å². The number of rotatable bonds is 70. The molecule has 0 aromatic rings. The number of nitrogens with two attached hydrogens (primary N) is 1. The molecule has 0 saturated carbocycles. The van der Waals surface area contributed by atoms with E-state index >= 15 is 0 Å². The highest BCUT2D eigenvalue weighted by Gasteiger charge is 2.26. The van der Waals surface area contributed by atoms with Crippen LogP contribution in [0.4, 0.5) is 0 Å². The fraction of sp³-hybridized carbons (Fsp3) is 0.792. The van der Waals surface area contributed by atoms with Gasteiger partial charge in [0.05, 0.1) is 13.2 Å². The molecule has 0 amide bonds. The number of phosphoric acid groups is 1. The molecular weight excluding hydrogens is 1100 g/mol. The molecule has 10 heteroatoms. The van der Waals surface area contributed by atoms with Crippen LogP contribution in [0, 0.1) is 0 Å². The van der Waals surface area contributed by atoms with Gasteiger partial charge < -0.3 is 20.1 Å². The van der Waals surface area contributed by atoms with Gasteiger partial charge in [-0.3, -0.25) is 18.6 Å². The van der Waals surface area contributed by atoms with Crippen molar-refractivity contribution in [1.29, 1.82) is 0 Å². The fourth-order valence-electron chi connectivity index (χ4n) is 10.9. The Kier molecular flexibility index (Phi) is 69.9. The molecule has 0 spiro atoms. The van der Waals surface area contributed by atoms with Crippen molar-refractivity contribution in [2.45, 2.75) is 367 Å². The third-order valence-corrected chi connectivity index (χ3v) is 17.3. The van der Waals surface area contributed by atoms with E-state index in [2.05, 4.69) is 98.9 Å². The van der Waals surface area contributed by atoms with Crippen molar-refractivity contribution in [2.75, 3.05) is 26.4 Å². The molecule has 87 heavy (non-hydrogen) atoms. The lowest BCUT2D eigenvalue weighted by molar-refractivity contribution is -0.161. The second kappa shape index (κ2) is 72.3. The Balaban J connectivity index is 3.82. The van der Waals surface area contributed by atoms with Gasteiger partial charge in [0.15, 0.2) is 6.10 Å². The standard InChI is InChI=1S/C77H140NO8P/c1-3-5-7-9-11-13-15-17-19-21-23-25-27-29-31-32-33-34-35-36-37-38-39-40-41-42-44-46-48-50-52-54-56-58-60-62-64-66-68-70-77(80)86-75(74-85-87(81,82)84-72-71-78)73-83-76(79)69-67-65-63-61-59-57-55-53-51-49-47-45-43-30-28-26-24-22-20-18-16-14-12-10-8-6-4-2/h5,7,11,13,17,19,23,25,29,31,33-34,36-37,75H,3-4,6,8-10,12,14-16,18,20-22,24,26-28,30,32,35,38-74,78H2,1-2H3,(H,81,82)/b7-5-,13-11-,19-17-,25-23-,31-29-,34-33-,37-36-. The van der Waals surface area contributed by atoms with Gasteiger partial charge in [-0.15, -0.1) is 0 Å². The summed E-state index contributed by atoms with van der Waals surface area (Å²) in [5.41, 5.74) is 5.41. The van der Waals surface area contributed by atoms with E-state index < -0.39 is 26.5 Å². The maximum Gasteiger partial charge on any atom is 0.472 e. The van der Waals surface area contributed by atoms with E-state index in [1.807, 2.05) is 0 Å². The molecule has 0 saturated heterocycles. The van der Waals surface area contributed by atoms with Crippen LogP contribution in [0.5, 0.6) is 0 Å². The van der Waals surface area contributed by atoms with Crippen LogP contribution in [0.3, 0.4) is 0 Å². The topological polar surface area (TPSA) is 134 Å². The number of hydrogen-bond acceptors (Lipinski definition) is 8. The molecule has 0 rings (SSSR count). The van der Waals surface area contributed by atoms with E-state index in [-0.39, 0.29) is 38.6 Å². The van der Waals surface area contributed by atoms with Crippen LogP contribution in [0.15, 0.2) is 85.1 Å². The molecule has 2 atom stereocenters. The molecular formula is C77H140NO8P. The maximum absolute atomic E-state index is 12.8. The summed E-state index contributed by atoms with van der Waals surface area (Å²) in [7, 11) is -4.39. The van der Waals surface area contributed by atoms with E-state index in [1.54, 1.807) is 0 Å². The molecule has 0 fully saturated rings. The van der Waals surface area contributed by atoms with Gasteiger partial charge in [-0.05, 0) is 70.6 Å². The van der Waals surface area contributed by atoms with Crippen LogP contribution in [-0.4, -0.2) is 49.3 Å². The average Bonchev–Trinajstić information content (AvgIpc) is 3.64. The van der Waals surface area contributed by atoms with E-state index in [1.165, 1.54) is 244 Å². The summed E-state index contributed by atoms with van der Waals surface area (Å²) in [5, 5.41) is 0. The Morgan fingerprint density at radius 1 is 0.356 bits per heavy atom. The van der Waals surface area contributed by atoms with Crippen molar-refractivity contribution in [1.82, 2.24) is 0 Å². The predicted octanol–water partition coefficient (Wildman–Crippen LogP) is 24.5. The van der Waals surface area contributed by atoms with Crippen molar-refractivity contribution >= 4 is 19.8 Å². The van der Waals surface area contributed by atoms with Crippen molar-refractivity contribution < 1.29 is 37.6 Å². The minimum absolute atomic E-state index is 0.0538. The predicted molar refractivity (Wildman–Crippen MR) is 376 cm³/mol. The van der Waals surface area contributed by atoms with Gasteiger partial charge in [-0.25, -0.2) is 4.57 Å². The largest absolute Gasteiger partial charge is 0.472 e. The summed E-state index contributed by atoms with van der Waals surface area (Å²) in [6.07, 6.45) is 96.9. The normalized spacial score (nSPS) is 13.4. The Bertz CT molecular complexity index is 1700. The molecule has 2 unspecified atom stereocenters. The van der Waals surface area contributed by atoms with E-state index in [9.17, 15) is 19.0 Å². The first kappa shape index (κ1) is 84.2. The molecule has 506 valence electrons. The number of carbonyl (C=O) groups is 2. The lowest BCUT2D eigenvalue weighted by Gasteiger charge is -2.19. The highest BCUT2D eigenvalue weighted by atomic mass is 31.2. The van der Waals surface area contributed by atoms with E-state index in [0.29, 0.717) is 6.42 Å². The SMILES string of the molecule is CC/C=C\C/C=C\C/C=C\C/C=C\C/C=C\C/C=C\C/C=C\CCCCCCCCCCCCCCCCCCCC(=O)OC(COC(=O)CCCCCCCCCCCCCCCCCCCCCCCCCCCCC)COP(=O)(O)OCCN. The summed E-state index contributed by atoms with van der Waals surface area (Å²) in [6.45, 7) is 3.69. The van der Waals surface area contributed by atoms with Crippen LogP contribution in [0.25, 0.3) is 0 Å². The number of esters is 2. The number of allylic oxidation sites excluding steroid dienone is 14. The Hall–Kier alpha value is -2.81. The first-order valence-electron chi connectivity index (χ1n) is 37.1. The van der Waals surface area contributed by atoms with E-state index in [4.69, 9.17) is 24.3 Å².